The standard InChI is InChI=1S/C12H16NO4Si/c1-8(13)11-6-4-5-7-12(11)18(16-9(2)14)17-10(3)15/h4-8H,13H2,1-3H3. The van der Waals surface area contributed by atoms with E-state index in [1.165, 1.54) is 13.8 Å². The van der Waals surface area contributed by atoms with E-state index in [9.17, 15) is 9.59 Å². The molecule has 1 unspecified atom stereocenters. The van der Waals surface area contributed by atoms with Crippen LogP contribution in [0.4, 0.5) is 0 Å². The van der Waals surface area contributed by atoms with Gasteiger partial charge in [-0.3, -0.25) is 9.59 Å². The van der Waals surface area contributed by atoms with Crippen LogP contribution in [0.15, 0.2) is 24.3 Å². The van der Waals surface area contributed by atoms with Gasteiger partial charge in [0.2, 0.25) is 0 Å². The van der Waals surface area contributed by atoms with Gasteiger partial charge in [0.15, 0.2) is 0 Å². The molecule has 0 aliphatic carbocycles. The topological polar surface area (TPSA) is 78.6 Å². The van der Waals surface area contributed by atoms with Crippen LogP contribution in [0.3, 0.4) is 0 Å². The molecule has 0 amide bonds. The highest BCUT2D eigenvalue weighted by atomic mass is 28.3. The first-order valence-electron chi connectivity index (χ1n) is 5.50. The first kappa shape index (κ1) is 14.4. The second-order valence-corrected chi connectivity index (χ2v) is 5.37. The highest BCUT2D eigenvalue weighted by Gasteiger charge is 2.29. The van der Waals surface area contributed by atoms with Crippen molar-refractivity contribution in [2.45, 2.75) is 26.8 Å². The van der Waals surface area contributed by atoms with E-state index in [1.54, 1.807) is 12.1 Å². The van der Waals surface area contributed by atoms with E-state index in [2.05, 4.69) is 0 Å². The van der Waals surface area contributed by atoms with Crippen LogP contribution in [0.1, 0.15) is 32.4 Å². The lowest BCUT2D eigenvalue weighted by molar-refractivity contribution is -0.137. The molecule has 0 spiro atoms. The van der Waals surface area contributed by atoms with Crippen molar-refractivity contribution < 1.29 is 18.4 Å². The molecule has 0 saturated heterocycles. The summed E-state index contributed by atoms with van der Waals surface area (Å²) in [5.41, 5.74) is 6.66. The number of hydrogen-bond donors (Lipinski definition) is 1. The largest absolute Gasteiger partial charge is 0.576 e. The second-order valence-electron chi connectivity index (χ2n) is 3.85. The van der Waals surface area contributed by atoms with Crippen LogP contribution in [0.2, 0.25) is 0 Å². The Morgan fingerprint density at radius 2 is 1.67 bits per heavy atom. The highest BCUT2D eigenvalue weighted by molar-refractivity contribution is 6.64. The maximum absolute atomic E-state index is 11.1. The van der Waals surface area contributed by atoms with E-state index in [4.69, 9.17) is 14.6 Å². The van der Waals surface area contributed by atoms with E-state index in [0.29, 0.717) is 5.19 Å². The Bertz CT molecular complexity index is 431. The zero-order valence-electron chi connectivity index (χ0n) is 10.6. The van der Waals surface area contributed by atoms with E-state index in [-0.39, 0.29) is 6.04 Å². The zero-order valence-corrected chi connectivity index (χ0v) is 11.6. The molecule has 0 aliphatic heterocycles. The molecule has 2 N–H and O–H groups in total. The molecule has 1 radical (unpaired) electrons. The van der Waals surface area contributed by atoms with Crippen molar-refractivity contribution in [1.82, 2.24) is 0 Å². The Morgan fingerprint density at radius 1 is 1.17 bits per heavy atom. The summed E-state index contributed by atoms with van der Waals surface area (Å²) in [4.78, 5) is 22.1. The van der Waals surface area contributed by atoms with Crippen molar-refractivity contribution in [1.29, 1.82) is 0 Å². The fraction of sp³-hybridized carbons (Fsp3) is 0.333. The highest BCUT2D eigenvalue weighted by Crippen LogP contribution is 2.08. The van der Waals surface area contributed by atoms with Gasteiger partial charge >= 0.3 is 9.28 Å². The van der Waals surface area contributed by atoms with Gasteiger partial charge < -0.3 is 14.6 Å². The molecule has 18 heavy (non-hydrogen) atoms. The molecular formula is C12H16NO4Si. The summed E-state index contributed by atoms with van der Waals surface area (Å²) < 4.78 is 10.2. The molecule has 97 valence electrons. The van der Waals surface area contributed by atoms with Gasteiger partial charge in [-0.05, 0) is 12.5 Å². The summed E-state index contributed by atoms with van der Waals surface area (Å²) in [6.07, 6.45) is 0. The Morgan fingerprint density at radius 3 is 2.11 bits per heavy atom. The summed E-state index contributed by atoms with van der Waals surface area (Å²) in [6.45, 7) is 4.38. The van der Waals surface area contributed by atoms with Gasteiger partial charge in [-0.1, -0.05) is 24.3 Å². The predicted octanol–water partition coefficient (Wildman–Crippen LogP) is 0.528. The molecular weight excluding hydrogens is 250 g/mol. The maximum Gasteiger partial charge on any atom is 0.576 e. The van der Waals surface area contributed by atoms with Crippen molar-refractivity contribution in [2.75, 3.05) is 0 Å². The predicted molar refractivity (Wildman–Crippen MR) is 68.0 cm³/mol. The minimum atomic E-state index is -2.17. The maximum atomic E-state index is 11.1. The van der Waals surface area contributed by atoms with Crippen LogP contribution in [0.5, 0.6) is 0 Å². The molecule has 6 heteroatoms. The summed E-state index contributed by atoms with van der Waals surface area (Å²) in [5.74, 6) is -0.964. The lowest BCUT2D eigenvalue weighted by atomic mass is 10.1. The summed E-state index contributed by atoms with van der Waals surface area (Å²) >= 11 is 0. The number of benzene rings is 1. The smallest absolute Gasteiger partial charge is 0.480 e. The first-order chi connectivity index (χ1) is 8.41. The van der Waals surface area contributed by atoms with Crippen LogP contribution in [-0.4, -0.2) is 21.2 Å². The molecule has 1 rings (SSSR count). The molecule has 1 aromatic carbocycles. The van der Waals surface area contributed by atoms with Crippen LogP contribution in [0, 0.1) is 0 Å². The summed E-state index contributed by atoms with van der Waals surface area (Å²) in [5, 5.41) is 0.683. The van der Waals surface area contributed by atoms with Gasteiger partial charge in [-0.2, -0.15) is 0 Å². The number of nitrogens with two attached hydrogens (primary N) is 1. The van der Waals surface area contributed by atoms with E-state index >= 15 is 0 Å². The van der Waals surface area contributed by atoms with Gasteiger partial charge in [-0.15, -0.1) is 0 Å². The van der Waals surface area contributed by atoms with E-state index in [0.717, 1.165) is 5.56 Å². The fourth-order valence-corrected chi connectivity index (χ4v) is 3.03. The average Bonchev–Trinajstić information content (AvgIpc) is 2.26. The number of rotatable bonds is 4. The van der Waals surface area contributed by atoms with Crippen molar-refractivity contribution >= 4 is 26.4 Å². The zero-order chi connectivity index (χ0) is 13.7. The van der Waals surface area contributed by atoms with Crippen LogP contribution in [0.25, 0.3) is 0 Å². The Balaban J connectivity index is 3.11. The number of carbonyl (C=O) groups is 2. The molecule has 0 saturated carbocycles. The van der Waals surface area contributed by atoms with Gasteiger partial charge in [-0.25, -0.2) is 0 Å². The third-order valence-corrected chi connectivity index (χ3v) is 3.98. The molecule has 0 heterocycles. The van der Waals surface area contributed by atoms with Gasteiger partial charge in [0.1, 0.15) is 0 Å². The van der Waals surface area contributed by atoms with Crippen LogP contribution >= 0.6 is 0 Å². The molecule has 1 aromatic rings. The summed E-state index contributed by atoms with van der Waals surface area (Å²) in [6, 6.07) is 6.99. The first-order valence-corrected chi connectivity index (χ1v) is 6.82. The molecule has 0 aliphatic rings. The average molecular weight is 266 g/mol. The van der Waals surface area contributed by atoms with Gasteiger partial charge in [0, 0.05) is 25.1 Å². The molecule has 0 bridgehead atoms. The number of carbonyl (C=O) groups excluding carboxylic acids is 2. The Hall–Kier alpha value is -1.66. The van der Waals surface area contributed by atoms with Crippen molar-refractivity contribution in [3.8, 4) is 0 Å². The molecule has 1 atom stereocenters. The number of hydrogen-bond acceptors (Lipinski definition) is 5. The monoisotopic (exact) mass is 266 g/mol. The van der Waals surface area contributed by atoms with Crippen LogP contribution < -0.4 is 10.9 Å². The lowest BCUT2D eigenvalue weighted by Gasteiger charge is -2.17. The Labute approximate surface area is 108 Å². The minimum Gasteiger partial charge on any atom is -0.480 e. The Kier molecular flexibility index (Phi) is 5.05. The minimum absolute atomic E-state index is 0.229. The normalized spacial score (nSPS) is 12.1. The third kappa shape index (κ3) is 3.97. The van der Waals surface area contributed by atoms with Crippen molar-refractivity contribution in [3.05, 3.63) is 29.8 Å². The van der Waals surface area contributed by atoms with Gasteiger partial charge in [0.05, 0.1) is 0 Å². The summed E-state index contributed by atoms with van der Waals surface area (Å²) in [7, 11) is -2.17. The van der Waals surface area contributed by atoms with Crippen LogP contribution in [-0.2, 0) is 18.4 Å². The van der Waals surface area contributed by atoms with Crippen molar-refractivity contribution in [3.63, 3.8) is 0 Å². The molecule has 0 fully saturated rings. The third-order valence-electron chi connectivity index (χ3n) is 2.14. The van der Waals surface area contributed by atoms with Crippen molar-refractivity contribution in [2.24, 2.45) is 5.73 Å². The second kappa shape index (κ2) is 6.32. The van der Waals surface area contributed by atoms with Gasteiger partial charge in [0.25, 0.3) is 11.9 Å². The van der Waals surface area contributed by atoms with E-state index in [1.807, 2.05) is 19.1 Å². The molecule has 0 aromatic heterocycles. The fourth-order valence-electron chi connectivity index (χ4n) is 1.47. The SMILES string of the molecule is CC(=O)O[Si](OC(C)=O)c1ccccc1C(C)N. The van der Waals surface area contributed by atoms with E-state index < -0.39 is 21.2 Å². The molecule has 5 nitrogen and oxygen atoms in total. The lowest BCUT2D eigenvalue weighted by Crippen LogP contribution is -2.42. The quantitative estimate of drug-likeness (QED) is 0.804.